The van der Waals surface area contributed by atoms with Crippen LogP contribution in [0.2, 0.25) is 5.02 Å². The first-order valence-electron chi connectivity index (χ1n) is 14.4. The van der Waals surface area contributed by atoms with Crippen LogP contribution in [0, 0.1) is 0 Å². The van der Waals surface area contributed by atoms with Gasteiger partial charge in [0.05, 0.1) is 23.2 Å². The van der Waals surface area contributed by atoms with Gasteiger partial charge >= 0.3 is 0 Å². The van der Waals surface area contributed by atoms with E-state index in [0.717, 1.165) is 30.8 Å². The lowest BCUT2D eigenvalue weighted by atomic mass is 10.1. The summed E-state index contributed by atoms with van der Waals surface area (Å²) in [6.07, 6.45) is 17.8. The smallest absolute Gasteiger partial charge is 0.255 e. The van der Waals surface area contributed by atoms with Crippen LogP contribution in [0.1, 0.15) is 107 Å². The van der Waals surface area contributed by atoms with Crippen LogP contribution in [0.3, 0.4) is 0 Å². The number of para-hydroxylation sites is 1. The average Bonchev–Trinajstić information content (AvgIpc) is 3.32. The number of hydrogen-bond donors (Lipinski definition) is 1. The number of anilines is 1. The zero-order valence-corrected chi connectivity index (χ0v) is 24.8. The fourth-order valence-electron chi connectivity index (χ4n) is 4.72. The minimum atomic E-state index is -0.160. The SMILES string of the molecule is CCCCCCCCCCCCCCOc1c(Cl)cccc1NC(=O)c1cccc(CN2C=C(C)SC2)c1. The van der Waals surface area contributed by atoms with Crippen molar-refractivity contribution in [3.8, 4) is 5.75 Å². The number of unbranched alkanes of at least 4 members (excludes halogenated alkanes) is 11. The van der Waals surface area contributed by atoms with Crippen LogP contribution in [-0.4, -0.2) is 23.3 Å². The molecule has 0 spiro atoms. The summed E-state index contributed by atoms with van der Waals surface area (Å²) >= 11 is 8.29. The molecule has 2 aromatic rings. The fourth-order valence-corrected chi connectivity index (χ4v) is 5.71. The van der Waals surface area contributed by atoms with Gasteiger partial charge in [0.25, 0.3) is 5.91 Å². The van der Waals surface area contributed by atoms with Crippen molar-refractivity contribution < 1.29 is 9.53 Å². The highest BCUT2D eigenvalue weighted by molar-refractivity contribution is 8.03. The Hall–Kier alpha value is -2.11. The number of halogens is 1. The summed E-state index contributed by atoms with van der Waals surface area (Å²) in [6.45, 7) is 5.78. The Morgan fingerprint density at radius 3 is 2.26 bits per heavy atom. The summed E-state index contributed by atoms with van der Waals surface area (Å²) in [6, 6.07) is 13.3. The summed E-state index contributed by atoms with van der Waals surface area (Å²) in [5.74, 6) is 1.34. The number of ether oxygens (including phenoxy) is 1. The van der Waals surface area contributed by atoms with Gasteiger partial charge in [-0.2, -0.15) is 0 Å². The van der Waals surface area contributed by atoms with Gasteiger partial charge in [0, 0.05) is 18.3 Å². The van der Waals surface area contributed by atoms with Crippen LogP contribution in [0.5, 0.6) is 5.75 Å². The number of nitrogens with zero attached hydrogens (tertiary/aromatic N) is 1. The van der Waals surface area contributed by atoms with Crippen LogP contribution in [0.15, 0.2) is 53.6 Å². The Labute approximate surface area is 239 Å². The summed E-state index contributed by atoms with van der Waals surface area (Å²) < 4.78 is 6.06. The van der Waals surface area contributed by atoms with Crippen LogP contribution in [-0.2, 0) is 6.54 Å². The molecule has 0 atom stereocenters. The molecule has 0 radical (unpaired) electrons. The first-order chi connectivity index (χ1) is 18.6. The van der Waals surface area contributed by atoms with E-state index in [1.165, 1.54) is 69.1 Å². The molecule has 38 heavy (non-hydrogen) atoms. The lowest BCUT2D eigenvalue weighted by Crippen LogP contribution is -2.15. The number of allylic oxidation sites excluding steroid dienone is 1. The maximum absolute atomic E-state index is 13.1. The van der Waals surface area contributed by atoms with Gasteiger partial charge in [-0.3, -0.25) is 4.79 Å². The first-order valence-corrected chi connectivity index (χ1v) is 15.8. The maximum Gasteiger partial charge on any atom is 0.255 e. The predicted octanol–water partition coefficient (Wildman–Crippen LogP) is 10.0. The average molecular weight is 557 g/mol. The lowest BCUT2D eigenvalue weighted by molar-refractivity contribution is 0.102. The topological polar surface area (TPSA) is 41.6 Å². The lowest BCUT2D eigenvalue weighted by Gasteiger charge is -2.16. The van der Waals surface area contributed by atoms with Crippen molar-refractivity contribution in [1.82, 2.24) is 4.90 Å². The number of rotatable bonds is 18. The monoisotopic (exact) mass is 556 g/mol. The van der Waals surface area contributed by atoms with Crippen molar-refractivity contribution in [1.29, 1.82) is 0 Å². The molecule has 6 heteroatoms. The Morgan fingerprint density at radius 1 is 0.947 bits per heavy atom. The largest absolute Gasteiger partial charge is 0.490 e. The number of nitrogens with one attached hydrogen (secondary N) is 1. The normalized spacial score (nSPS) is 13.0. The van der Waals surface area contributed by atoms with Gasteiger partial charge in [-0.15, -0.1) is 11.8 Å². The first kappa shape index (κ1) is 30.4. The third-order valence-electron chi connectivity index (χ3n) is 6.86. The second-order valence-corrected chi connectivity index (χ2v) is 11.9. The quantitative estimate of drug-likeness (QED) is 0.185. The molecule has 0 fully saturated rings. The van der Waals surface area contributed by atoms with Gasteiger partial charge in [-0.05, 0) is 48.1 Å². The van der Waals surface area contributed by atoms with Gasteiger partial charge in [-0.1, -0.05) is 107 Å². The third kappa shape index (κ3) is 10.9. The molecule has 4 nitrogen and oxygen atoms in total. The highest BCUT2D eigenvalue weighted by Crippen LogP contribution is 2.33. The molecule has 208 valence electrons. The molecule has 0 aliphatic carbocycles. The molecule has 1 aliphatic rings. The molecule has 0 saturated heterocycles. The standard InChI is InChI=1S/C32H45ClN2O2S/c1-3-4-5-6-7-8-9-10-11-12-13-14-21-37-31-29(33)19-16-20-30(31)34-32(36)28-18-15-17-27(22-28)24-35-23-26(2)38-25-35/h15-20,22-23H,3-14,21,24-25H2,1-2H3,(H,34,36). The van der Waals surface area contributed by atoms with Crippen LogP contribution in [0.25, 0.3) is 0 Å². The van der Waals surface area contributed by atoms with Crippen molar-refractivity contribution in [3.05, 3.63) is 69.7 Å². The Kier molecular flexibility index (Phi) is 14.0. The molecule has 0 saturated carbocycles. The van der Waals surface area contributed by atoms with Crippen molar-refractivity contribution >= 4 is 35.0 Å². The number of amides is 1. The molecule has 1 amide bonds. The van der Waals surface area contributed by atoms with Crippen molar-refractivity contribution in [2.75, 3.05) is 17.8 Å². The van der Waals surface area contributed by atoms with Crippen LogP contribution in [0.4, 0.5) is 5.69 Å². The minimum absolute atomic E-state index is 0.160. The van der Waals surface area contributed by atoms with Crippen LogP contribution < -0.4 is 10.1 Å². The van der Waals surface area contributed by atoms with Gasteiger partial charge in [0.1, 0.15) is 0 Å². The van der Waals surface area contributed by atoms with E-state index in [0.29, 0.717) is 28.6 Å². The third-order valence-corrected chi connectivity index (χ3v) is 8.18. The molecule has 1 N–H and O–H groups in total. The fraction of sp³-hybridized carbons (Fsp3) is 0.531. The van der Waals surface area contributed by atoms with E-state index in [2.05, 4.69) is 36.3 Å². The van der Waals surface area contributed by atoms with Gasteiger partial charge in [0.15, 0.2) is 5.75 Å². The minimum Gasteiger partial charge on any atom is -0.490 e. The van der Waals surface area contributed by atoms with Gasteiger partial charge in [0.2, 0.25) is 0 Å². The second-order valence-electron chi connectivity index (χ2n) is 10.3. The number of hydrogen-bond acceptors (Lipinski definition) is 4. The number of carbonyl (C=O) groups is 1. The summed E-state index contributed by atoms with van der Waals surface area (Å²) in [4.78, 5) is 16.6. The number of benzene rings is 2. The van der Waals surface area contributed by atoms with Crippen LogP contribution >= 0.6 is 23.4 Å². The van der Waals surface area contributed by atoms with Gasteiger partial charge < -0.3 is 15.0 Å². The molecule has 0 aromatic heterocycles. The molecule has 3 rings (SSSR count). The molecule has 0 unspecified atom stereocenters. The van der Waals surface area contributed by atoms with E-state index in [4.69, 9.17) is 16.3 Å². The number of thioether (sulfide) groups is 1. The van der Waals surface area contributed by atoms with E-state index in [1.807, 2.05) is 42.1 Å². The van der Waals surface area contributed by atoms with E-state index < -0.39 is 0 Å². The molecule has 1 heterocycles. The molecular weight excluding hydrogens is 512 g/mol. The molecular formula is C32H45ClN2O2S. The highest BCUT2D eigenvalue weighted by atomic mass is 35.5. The second kappa shape index (κ2) is 17.5. The summed E-state index contributed by atoms with van der Waals surface area (Å²) in [5.41, 5.74) is 2.35. The van der Waals surface area contributed by atoms with E-state index >= 15 is 0 Å². The summed E-state index contributed by atoms with van der Waals surface area (Å²) in [7, 11) is 0. The van der Waals surface area contributed by atoms with Crippen molar-refractivity contribution in [2.24, 2.45) is 0 Å². The predicted molar refractivity (Wildman–Crippen MR) is 164 cm³/mol. The number of carbonyl (C=O) groups excluding carboxylic acids is 1. The molecule has 1 aliphatic heterocycles. The Morgan fingerprint density at radius 2 is 1.61 bits per heavy atom. The summed E-state index contributed by atoms with van der Waals surface area (Å²) in [5, 5.41) is 3.53. The highest BCUT2D eigenvalue weighted by Gasteiger charge is 2.15. The van der Waals surface area contributed by atoms with E-state index in [1.54, 1.807) is 6.07 Å². The maximum atomic E-state index is 13.1. The van der Waals surface area contributed by atoms with E-state index in [9.17, 15) is 4.79 Å². The zero-order valence-electron chi connectivity index (χ0n) is 23.3. The van der Waals surface area contributed by atoms with Gasteiger partial charge in [-0.25, -0.2) is 0 Å². The van der Waals surface area contributed by atoms with Crippen molar-refractivity contribution in [2.45, 2.75) is 97.4 Å². The Balaban J connectivity index is 1.39. The van der Waals surface area contributed by atoms with Crippen molar-refractivity contribution in [3.63, 3.8) is 0 Å². The van der Waals surface area contributed by atoms with E-state index in [-0.39, 0.29) is 5.91 Å². The Bertz CT molecular complexity index is 1030. The molecule has 0 bridgehead atoms. The molecule has 2 aromatic carbocycles. The zero-order chi connectivity index (χ0) is 27.0.